The van der Waals surface area contributed by atoms with Gasteiger partial charge in [0.25, 0.3) is 0 Å². The fourth-order valence-corrected chi connectivity index (χ4v) is 4.72. The third kappa shape index (κ3) is 3.96. The first-order valence-electron chi connectivity index (χ1n) is 9.96. The van der Waals surface area contributed by atoms with Crippen LogP contribution in [0.5, 0.6) is 0 Å². The van der Waals surface area contributed by atoms with Gasteiger partial charge in [-0.3, -0.25) is 9.69 Å². The smallest absolute Gasteiger partial charge is 0.232 e. The Bertz CT molecular complexity index is 946. The average molecular weight is 395 g/mol. The standard InChI is InChI=1S/C23H26N2O2S/c1-16(2)19-9-6-10-20-21(19)24-23(28-20)25(15-17-7-4-3-5-8-17)22(26)18-11-13-27-14-12-18/h3-10,16,18H,11-15H2,1-2H3. The third-order valence-electron chi connectivity index (χ3n) is 5.31. The molecule has 1 aliphatic rings. The van der Waals surface area contributed by atoms with Crippen LogP contribution in [0.4, 0.5) is 5.13 Å². The molecular formula is C23H26N2O2S. The molecule has 0 aliphatic carbocycles. The van der Waals surface area contributed by atoms with Crippen LogP contribution in [0, 0.1) is 5.92 Å². The van der Waals surface area contributed by atoms with Gasteiger partial charge >= 0.3 is 0 Å². The summed E-state index contributed by atoms with van der Waals surface area (Å²) in [5, 5.41) is 0.795. The van der Waals surface area contributed by atoms with E-state index in [0.717, 1.165) is 33.8 Å². The predicted molar refractivity (Wildman–Crippen MR) is 115 cm³/mol. The zero-order valence-corrected chi connectivity index (χ0v) is 17.2. The molecule has 4 nitrogen and oxygen atoms in total. The van der Waals surface area contributed by atoms with Gasteiger partial charge in [-0.2, -0.15) is 0 Å². The Hall–Kier alpha value is -2.24. The molecule has 0 spiro atoms. The van der Waals surface area contributed by atoms with E-state index >= 15 is 0 Å². The fraction of sp³-hybridized carbons (Fsp3) is 0.391. The minimum atomic E-state index is 0.00837. The Balaban J connectivity index is 1.73. The molecule has 2 heterocycles. The van der Waals surface area contributed by atoms with Crippen LogP contribution in [0.1, 0.15) is 43.7 Å². The van der Waals surface area contributed by atoms with Crippen LogP contribution < -0.4 is 4.90 Å². The molecule has 1 aliphatic heterocycles. The number of carbonyl (C=O) groups excluding carboxylic acids is 1. The highest BCUT2D eigenvalue weighted by atomic mass is 32.1. The summed E-state index contributed by atoms with van der Waals surface area (Å²) in [5.74, 6) is 0.568. The predicted octanol–water partition coefficient (Wildman–Crippen LogP) is 5.38. The van der Waals surface area contributed by atoms with Gasteiger partial charge in [0.2, 0.25) is 5.91 Å². The summed E-state index contributed by atoms with van der Waals surface area (Å²) in [6.07, 6.45) is 1.57. The van der Waals surface area contributed by atoms with Crippen LogP contribution in [-0.2, 0) is 16.1 Å². The van der Waals surface area contributed by atoms with Crippen molar-refractivity contribution in [2.45, 2.75) is 39.2 Å². The van der Waals surface area contributed by atoms with Crippen molar-refractivity contribution in [1.82, 2.24) is 4.98 Å². The molecule has 4 rings (SSSR count). The van der Waals surface area contributed by atoms with Gasteiger partial charge in [0.15, 0.2) is 5.13 Å². The van der Waals surface area contributed by atoms with Crippen LogP contribution in [0.2, 0.25) is 0 Å². The van der Waals surface area contributed by atoms with Crippen molar-refractivity contribution in [1.29, 1.82) is 0 Å². The Morgan fingerprint density at radius 2 is 1.89 bits per heavy atom. The van der Waals surface area contributed by atoms with Gasteiger partial charge < -0.3 is 4.74 Å². The van der Waals surface area contributed by atoms with Crippen molar-refractivity contribution in [3.63, 3.8) is 0 Å². The Kier molecular flexibility index (Phi) is 5.74. The molecule has 5 heteroatoms. The SMILES string of the molecule is CC(C)c1cccc2sc(N(Cc3ccccc3)C(=O)C3CCOCC3)nc12. The van der Waals surface area contributed by atoms with Crippen molar-refractivity contribution >= 4 is 32.6 Å². The monoisotopic (exact) mass is 394 g/mol. The second-order valence-corrected chi connectivity index (χ2v) is 8.65. The number of hydrogen-bond acceptors (Lipinski definition) is 4. The van der Waals surface area contributed by atoms with E-state index in [0.29, 0.717) is 25.7 Å². The molecule has 0 atom stereocenters. The molecule has 0 bridgehead atoms. The highest BCUT2D eigenvalue weighted by Gasteiger charge is 2.29. The second-order valence-electron chi connectivity index (χ2n) is 7.64. The van der Waals surface area contributed by atoms with Crippen molar-refractivity contribution in [2.24, 2.45) is 5.92 Å². The molecule has 1 saturated heterocycles. The molecule has 28 heavy (non-hydrogen) atoms. The molecular weight excluding hydrogens is 368 g/mol. The first kappa shape index (κ1) is 19.1. The van der Waals surface area contributed by atoms with E-state index in [2.05, 4.69) is 44.2 Å². The number of anilines is 1. The third-order valence-corrected chi connectivity index (χ3v) is 6.36. The number of amides is 1. The summed E-state index contributed by atoms with van der Waals surface area (Å²) in [5.41, 5.74) is 3.37. The molecule has 0 radical (unpaired) electrons. The summed E-state index contributed by atoms with van der Waals surface area (Å²) in [7, 11) is 0. The van der Waals surface area contributed by atoms with E-state index in [4.69, 9.17) is 9.72 Å². The van der Waals surface area contributed by atoms with Gasteiger partial charge in [-0.15, -0.1) is 0 Å². The molecule has 1 amide bonds. The molecule has 0 N–H and O–H groups in total. The molecule has 1 fully saturated rings. The first-order valence-corrected chi connectivity index (χ1v) is 10.8. The summed E-state index contributed by atoms with van der Waals surface area (Å²) >= 11 is 1.61. The summed E-state index contributed by atoms with van der Waals surface area (Å²) in [6.45, 7) is 6.24. The fourth-order valence-electron chi connectivity index (χ4n) is 3.71. The molecule has 0 saturated carbocycles. The zero-order valence-electron chi connectivity index (χ0n) is 16.4. The van der Waals surface area contributed by atoms with Crippen molar-refractivity contribution in [3.8, 4) is 0 Å². The first-order chi connectivity index (χ1) is 13.6. The maximum atomic E-state index is 13.4. The van der Waals surface area contributed by atoms with E-state index < -0.39 is 0 Å². The van der Waals surface area contributed by atoms with E-state index in [1.807, 2.05) is 23.1 Å². The molecule has 2 aromatic carbocycles. The number of aromatic nitrogens is 1. The topological polar surface area (TPSA) is 42.4 Å². The number of thiazole rings is 1. The lowest BCUT2D eigenvalue weighted by Gasteiger charge is -2.27. The second kappa shape index (κ2) is 8.41. The summed E-state index contributed by atoms with van der Waals surface area (Å²) in [4.78, 5) is 20.3. The van der Waals surface area contributed by atoms with Gasteiger partial charge in [-0.1, -0.05) is 67.6 Å². The van der Waals surface area contributed by atoms with Crippen LogP contribution in [0.3, 0.4) is 0 Å². The van der Waals surface area contributed by atoms with Gasteiger partial charge in [0.1, 0.15) is 0 Å². The van der Waals surface area contributed by atoms with E-state index in [1.165, 1.54) is 5.56 Å². The van der Waals surface area contributed by atoms with E-state index in [9.17, 15) is 4.79 Å². The van der Waals surface area contributed by atoms with Gasteiger partial charge in [-0.25, -0.2) is 4.98 Å². The minimum absolute atomic E-state index is 0.00837. The number of hydrogen-bond donors (Lipinski definition) is 0. The average Bonchev–Trinajstić information content (AvgIpc) is 3.16. The normalized spacial score (nSPS) is 15.2. The van der Waals surface area contributed by atoms with Gasteiger partial charge in [0, 0.05) is 19.1 Å². The lowest BCUT2D eigenvalue weighted by atomic mass is 9.98. The Morgan fingerprint density at radius 3 is 2.61 bits per heavy atom. The number of rotatable bonds is 5. The van der Waals surface area contributed by atoms with Crippen molar-refractivity contribution in [2.75, 3.05) is 18.1 Å². The number of nitrogens with zero attached hydrogens (tertiary/aromatic N) is 2. The molecule has 146 valence electrons. The van der Waals surface area contributed by atoms with Gasteiger partial charge in [-0.05, 0) is 36.0 Å². The van der Waals surface area contributed by atoms with Crippen molar-refractivity contribution in [3.05, 3.63) is 59.7 Å². The van der Waals surface area contributed by atoms with E-state index in [1.54, 1.807) is 11.3 Å². The summed E-state index contributed by atoms with van der Waals surface area (Å²) in [6, 6.07) is 16.5. The Morgan fingerprint density at radius 1 is 1.14 bits per heavy atom. The summed E-state index contributed by atoms with van der Waals surface area (Å²) < 4.78 is 6.60. The quantitative estimate of drug-likeness (QED) is 0.583. The zero-order chi connectivity index (χ0) is 19.5. The highest BCUT2D eigenvalue weighted by molar-refractivity contribution is 7.22. The van der Waals surface area contributed by atoms with Crippen LogP contribution >= 0.6 is 11.3 Å². The molecule has 1 aromatic heterocycles. The van der Waals surface area contributed by atoms with Gasteiger partial charge in [0.05, 0.1) is 16.8 Å². The maximum absolute atomic E-state index is 13.4. The lowest BCUT2D eigenvalue weighted by molar-refractivity contribution is -0.125. The highest BCUT2D eigenvalue weighted by Crippen LogP contribution is 2.35. The number of fused-ring (bicyclic) bond motifs is 1. The van der Waals surface area contributed by atoms with Crippen LogP contribution in [0.15, 0.2) is 48.5 Å². The number of para-hydroxylation sites is 1. The Labute approximate surface area is 170 Å². The van der Waals surface area contributed by atoms with Crippen molar-refractivity contribution < 1.29 is 9.53 Å². The number of ether oxygens (including phenoxy) is 1. The largest absolute Gasteiger partial charge is 0.381 e. The molecule has 0 unspecified atom stereocenters. The number of carbonyl (C=O) groups is 1. The maximum Gasteiger partial charge on any atom is 0.232 e. The van der Waals surface area contributed by atoms with Crippen LogP contribution in [-0.4, -0.2) is 24.1 Å². The molecule has 3 aromatic rings. The van der Waals surface area contributed by atoms with Crippen LogP contribution in [0.25, 0.3) is 10.2 Å². The number of benzene rings is 2. The van der Waals surface area contributed by atoms with E-state index in [-0.39, 0.29) is 11.8 Å². The lowest BCUT2D eigenvalue weighted by Crippen LogP contribution is -2.38. The minimum Gasteiger partial charge on any atom is -0.381 e.